The van der Waals surface area contributed by atoms with Gasteiger partial charge in [0.2, 0.25) is 11.8 Å². The van der Waals surface area contributed by atoms with Crippen LogP contribution in [0, 0.1) is 0 Å². The van der Waals surface area contributed by atoms with Crippen molar-refractivity contribution in [3.05, 3.63) is 42.0 Å². The number of hydrogen-bond acceptors (Lipinski definition) is 6. The highest BCUT2D eigenvalue weighted by atomic mass is 19.4. The van der Waals surface area contributed by atoms with Crippen LogP contribution in [0.5, 0.6) is 17.5 Å². The van der Waals surface area contributed by atoms with Crippen molar-refractivity contribution in [2.24, 2.45) is 0 Å². The summed E-state index contributed by atoms with van der Waals surface area (Å²) in [5, 5.41) is 7.71. The van der Waals surface area contributed by atoms with E-state index in [1.165, 1.54) is 24.1 Å². The molecule has 1 aromatic heterocycles. The van der Waals surface area contributed by atoms with Crippen LogP contribution in [0.25, 0.3) is 0 Å². The maximum atomic E-state index is 12.7. The number of hydrogen-bond donors (Lipinski definition) is 0. The molecule has 2 aromatic rings. The number of alkyl halides is 3. The highest BCUT2D eigenvalue weighted by molar-refractivity contribution is 5.94. The minimum Gasteiger partial charge on any atom is -0.480 e. The second kappa shape index (κ2) is 8.32. The van der Waals surface area contributed by atoms with E-state index in [0.29, 0.717) is 31.1 Å². The first-order chi connectivity index (χ1) is 13.3. The van der Waals surface area contributed by atoms with Crippen molar-refractivity contribution in [3.63, 3.8) is 0 Å². The molecule has 1 amide bonds. The molecule has 1 aliphatic heterocycles. The Balaban J connectivity index is 1.64. The van der Waals surface area contributed by atoms with Gasteiger partial charge in [-0.05, 0) is 31.0 Å². The van der Waals surface area contributed by atoms with Crippen molar-refractivity contribution >= 4 is 5.91 Å². The number of piperidine rings is 1. The number of amides is 1. The molecule has 28 heavy (non-hydrogen) atoms. The van der Waals surface area contributed by atoms with Crippen LogP contribution < -0.4 is 14.2 Å². The molecular formula is C18H18F3N3O4. The Kier molecular flexibility index (Phi) is 5.86. The average Bonchev–Trinajstić information content (AvgIpc) is 2.67. The fourth-order valence-corrected chi connectivity index (χ4v) is 2.88. The molecule has 7 nitrogen and oxygen atoms in total. The lowest BCUT2D eigenvalue weighted by Gasteiger charge is -2.32. The molecule has 0 N–H and O–H groups in total. The number of likely N-dealkylation sites (tertiary alicyclic amines) is 1. The summed E-state index contributed by atoms with van der Waals surface area (Å²) in [5.41, 5.74) is 0.117. The number of carbonyl (C=O) groups is 1. The number of rotatable bonds is 5. The van der Waals surface area contributed by atoms with Crippen LogP contribution in [0.4, 0.5) is 13.2 Å². The molecule has 2 heterocycles. The summed E-state index contributed by atoms with van der Waals surface area (Å²) in [5.74, 6) is -0.159. The summed E-state index contributed by atoms with van der Waals surface area (Å²) in [7, 11) is 1.48. The number of halogens is 3. The highest BCUT2D eigenvalue weighted by Crippen LogP contribution is 2.25. The minimum atomic E-state index is -4.81. The lowest BCUT2D eigenvalue weighted by atomic mass is 10.1. The number of benzene rings is 1. The lowest BCUT2D eigenvalue weighted by Crippen LogP contribution is -2.44. The third-order valence-electron chi connectivity index (χ3n) is 4.09. The van der Waals surface area contributed by atoms with Gasteiger partial charge in [0.25, 0.3) is 5.91 Å². The van der Waals surface area contributed by atoms with Crippen LogP contribution >= 0.6 is 0 Å². The SMILES string of the molecule is COc1ccc(OC2CCCN(C(=O)c3cccc(OC(F)(F)F)c3)C2)nn1. The second-order valence-electron chi connectivity index (χ2n) is 6.12. The average molecular weight is 397 g/mol. The molecule has 1 atom stereocenters. The van der Waals surface area contributed by atoms with Crippen molar-refractivity contribution in [2.45, 2.75) is 25.3 Å². The zero-order chi connectivity index (χ0) is 20.1. The highest BCUT2D eigenvalue weighted by Gasteiger charge is 2.32. The van der Waals surface area contributed by atoms with Crippen molar-refractivity contribution in [2.75, 3.05) is 20.2 Å². The molecule has 1 fully saturated rings. The van der Waals surface area contributed by atoms with Crippen LogP contribution in [0.3, 0.4) is 0 Å². The van der Waals surface area contributed by atoms with Gasteiger partial charge in [0.15, 0.2) is 0 Å². The van der Waals surface area contributed by atoms with Gasteiger partial charge < -0.3 is 19.1 Å². The van der Waals surface area contributed by atoms with Crippen molar-refractivity contribution in [3.8, 4) is 17.5 Å². The smallest absolute Gasteiger partial charge is 0.480 e. The second-order valence-corrected chi connectivity index (χ2v) is 6.12. The molecule has 150 valence electrons. The summed E-state index contributed by atoms with van der Waals surface area (Å²) in [6, 6.07) is 8.25. The van der Waals surface area contributed by atoms with E-state index >= 15 is 0 Å². The summed E-state index contributed by atoms with van der Waals surface area (Å²) in [4.78, 5) is 14.2. The van der Waals surface area contributed by atoms with Crippen molar-refractivity contribution in [1.29, 1.82) is 0 Å². The minimum absolute atomic E-state index is 0.117. The van der Waals surface area contributed by atoms with Gasteiger partial charge in [0.05, 0.1) is 13.7 Å². The van der Waals surface area contributed by atoms with Gasteiger partial charge in [0.1, 0.15) is 11.9 Å². The van der Waals surface area contributed by atoms with E-state index in [-0.39, 0.29) is 24.1 Å². The first kappa shape index (κ1) is 19.7. The monoisotopic (exact) mass is 397 g/mol. The molecule has 1 unspecified atom stereocenters. The zero-order valence-corrected chi connectivity index (χ0v) is 15.0. The molecule has 0 bridgehead atoms. The maximum Gasteiger partial charge on any atom is 0.573 e. The molecule has 1 aliphatic rings. The fraction of sp³-hybridized carbons (Fsp3) is 0.389. The van der Waals surface area contributed by atoms with Gasteiger partial charge in [-0.2, -0.15) is 0 Å². The third-order valence-corrected chi connectivity index (χ3v) is 4.09. The van der Waals surface area contributed by atoms with Gasteiger partial charge in [-0.15, -0.1) is 23.4 Å². The van der Waals surface area contributed by atoms with Crippen molar-refractivity contribution in [1.82, 2.24) is 15.1 Å². The Morgan fingerprint density at radius 3 is 2.61 bits per heavy atom. The van der Waals surface area contributed by atoms with Crippen molar-refractivity contribution < 1.29 is 32.2 Å². The van der Waals surface area contributed by atoms with Gasteiger partial charge in [0, 0.05) is 24.2 Å². The van der Waals surface area contributed by atoms with E-state index in [1.807, 2.05) is 0 Å². The van der Waals surface area contributed by atoms with E-state index < -0.39 is 12.1 Å². The van der Waals surface area contributed by atoms with Gasteiger partial charge >= 0.3 is 6.36 Å². The number of nitrogens with zero attached hydrogens (tertiary/aromatic N) is 3. The van der Waals surface area contributed by atoms with E-state index in [2.05, 4.69) is 14.9 Å². The van der Waals surface area contributed by atoms with Crippen LogP contribution in [0.2, 0.25) is 0 Å². The number of carbonyl (C=O) groups excluding carboxylic acids is 1. The summed E-state index contributed by atoms with van der Waals surface area (Å²) >= 11 is 0. The number of aromatic nitrogens is 2. The molecule has 1 saturated heterocycles. The third kappa shape index (κ3) is 5.24. The maximum absolute atomic E-state index is 12.7. The van der Waals surface area contributed by atoms with Crippen LogP contribution in [-0.4, -0.2) is 53.7 Å². The Bertz CT molecular complexity index is 814. The molecule has 3 rings (SSSR count). The predicted molar refractivity (Wildman–Crippen MR) is 91.3 cm³/mol. The lowest BCUT2D eigenvalue weighted by molar-refractivity contribution is -0.274. The molecule has 0 aliphatic carbocycles. The predicted octanol–water partition coefficient (Wildman–Crippen LogP) is 3.07. The van der Waals surface area contributed by atoms with Gasteiger partial charge in [-0.25, -0.2) is 0 Å². The Labute approximate surface area is 159 Å². The number of ether oxygens (including phenoxy) is 3. The number of methoxy groups -OCH3 is 1. The Morgan fingerprint density at radius 1 is 1.18 bits per heavy atom. The summed E-state index contributed by atoms with van der Waals surface area (Å²) in [6.07, 6.45) is -3.70. The van der Waals surface area contributed by atoms with E-state index in [0.717, 1.165) is 12.1 Å². The standard InChI is InChI=1S/C18H18F3N3O4/c1-26-15-7-8-16(23-22-15)27-14-6-3-9-24(11-14)17(25)12-4-2-5-13(10-12)28-18(19,20)21/h2,4-5,7-8,10,14H,3,6,9,11H2,1H3. The zero-order valence-electron chi connectivity index (χ0n) is 15.0. The molecule has 0 saturated carbocycles. The van der Waals surface area contributed by atoms with Gasteiger partial charge in [-0.3, -0.25) is 4.79 Å². The van der Waals surface area contributed by atoms with Crippen LogP contribution in [-0.2, 0) is 0 Å². The van der Waals surface area contributed by atoms with E-state index in [1.54, 1.807) is 12.1 Å². The Hall–Kier alpha value is -3.04. The molecular weight excluding hydrogens is 379 g/mol. The Morgan fingerprint density at radius 2 is 1.93 bits per heavy atom. The summed E-state index contributed by atoms with van der Waals surface area (Å²) in [6.45, 7) is 0.772. The normalized spacial score (nSPS) is 17.1. The van der Waals surface area contributed by atoms with Crippen LogP contribution in [0.15, 0.2) is 36.4 Å². The molecule has 10 heteroatoms. The van der Waals surface area contributed by atoms with Gasteiger partial charge in [-0.1, -0.05) is 6.07 Å². The topological polar surface area (TPSA) is 73.8 Å². The first-order valence-electron chi connectivity index (χ1n) is 8.53. The molecule has 1 aromatic carbocycles. The van der Waals surface area contributed by atoms with Crippen LogP contribution in [0.1, 0.15) is 23.2 Å². The van der Waals surface area contributed by atoms with E-state index in [4.69, 9.17) is 9.47 Å². The summed E-state index contributed by atoms with van der Waals surface area (Å²) < 4.78 is 51.7. The largest absolute Gasteiger partial charge is 0.573 e. The fourth-order valence-electron chi connectivity index (χ4n) is 2.88. The molecule has 0 radical (unpaired) electrons. The quantitative estimate of drug-likeness (QED) is 0.772. The van der Waals surface area contributed by atoms with E-state index in [9.17, 15) is 18.0 Å². The first-order valence-corrected chi connectivity index (χ1v) is 8.53. The molecule has 0 spiro atoms.